The molecule has 2 rings (SSSR count). The van der Waals surface area contributed by atoms with Gasteiger partial charge >= 0.3 is 0 Å². The van der Waals surface area contributed by atoms with Gasteiger partial charge in [-0.15, -0.1) is 5.10 Å². The van der Waals surface area contributed by atoms with Crippen molar-refractivity contribution in [2.75, 3.05) is 6.54 Å². The fourth-order valence-electron chi connectivity index (χ4n) is 1.27. The van der Waals surface area contributed by atoms with Crippen molar-refractivity contribution in [3.8, 4) is 11.4 Å². The second kappa shape index (κ2) is 3.97. The van der Waals surface area contributed by atoms with Gasteiger partial charge in [0, 0.05) is 12.1 Å². The van der Waals surface area contributed by atoms with Crippen molar-refractivity contribution in [1.29, 1.82) is 0 Å². The van der Waals surface area contributed by atoms with E-state index in [1.54, 1.807) is 4.68 Å². The summed E-state index contributed by atoms with van der Waals surface area (Å²) in [5, 5.41) is 11.4. The highest BCUT2D eigenvalue weighted by atomic mass is 15.5. The van der Waals surface area contributed by atoms with Crippen LogP contribution in [0.25, 0.3) is 11.4 Å². The van der Waals surface area contributed by atoms with Crippen LogP contribution in [0.15, 0.2) is 30.3 Å². The smallest absolute Gasteiger partial charge is 0.182 e. The van der Waals surface area contributed by atoms with Crippen LogP contribution in [-0.2, 0) is 6.54 Å². The second-order valence-electron chi connectivity index (χ2n) is 2.88. The Hall–Kier alpha value is -1.75. The van der Waals surface area contributed by atoms with Crippen LogP contribution in [0.5, 0.6) is 0 Å². The zero-order valence-corrected chi connectivity index (χ0v) is 7.67. The Bertz CT molecular complexity index is 395. The van der Waals surface area contributed by atoms with E-state index in [0.29, 0.717) is 13.1 Å². The zero-order valence-electron chi connectivity index (χ0n) is 7.67. The molecule has 0 bridgehead atoms. The highest BCUT2D eigenvalue weighted by Crippen LogP contribution is 2.13. The molecular formula is C9H11N5. The Morgan fingerprint density at radius 3 is 2.71 bits per heavy atom. The van der Waals surface area contributed by atoms with Gasteiger partial charge in [-0.25, -0.2) is 4.68 Å². The third-order valence-electron chi connectivity index (χ3n) is 1.90. The number of nitrogens with two attached hydrogens (primary N) is 1. The number of benzene rings is 1. The minimum Gasteiger partial charge on any atom is -0.329 e. The standard InChI is InChI=1S/C9H11N5/c10-6-7-14-9(11-12-13-14)8-4-2-1-3-5-8/h1-5H,6-7,10H2. The number of hydrogen-bond donors (Lipinski definition) is 1. The molecular weight excluding hydrogens is 178 g/mol. The maximum absolute atomic E-state index is 5.45. The van der Waals surface area contributed by atoms with Crippen molar-refractivity contribution in [3.63, 3.8) is 0 Å². The minimum absolute atomic E-state index is 0.533. The van der Waals surface area contributed by atoms with E-state index < -0.39 is 0 Å². The molecule has 0 atom stereocenters. The molecule has 0 saturated carbocycles. The number of nitrogens with zero attached hydrogens (tertiary/aromatic N) is 4. The lowest BCUT2D eigenvalue weighted by Gasteiger charge is -2.01. The van der Waals surface area contributed by atoms with E-state index in [9.17, 15) is 0 Å². The van der Waals surface area contributed by atoms with Crippen LogP contribution in [0.3, 0.4) is 0 Å². The number of tetrazole rings is 1. The molecule has 0 fully saturated rings. The Balaban J connectivity index is 2.37. The molecule has 2 aromatic rings. The maximum atomic E-state index is 5.45. The molecule has 0 radical (unpaired) electrons. The molecule has 0 spiro atoms. The third kappa shape index (κ3) is 1.62. The van der Waals surface area contributed by atoms with E-state index in [2.05, 4.69) is 15.5 Å². The summed E-state index contributed by atoms with van der Waals surface area (Å²) in [5.41, 5.74) is 6.46. The van der Waals surface area contributed by atoms with Crippen molar-refractivity contribution in [3.05, 3.63) is 30.3 Å². The van der Waals surface area contributed by atoms with Crippen LogP contribution in [0.2, 0.25) is 0 Å². The lowest BCUT2D eigenvalue weighted by Crippen LogP contribution is -2.12. The summed E-state index contributed by atoms with van der Waals surface area (Å²) < 4.78 is 1.70. The molecule has 0 aliphatic heterocycles. The Morgan fingerprint density at radius 2 is 2.00 bits per heavy atom. The van der Waals surface area contributed by atoms with Crippen molar-refractivity contribution < 1.29 is 0 Å². The summed E-state index contributed by atoms with van der Waals surface area (Å²) in [6.45, 7) is 1.17. The van der Waals surface area contributed by atoms with Gasteiger partial charge in [-0.2, -0.15) is 0 Å². The number of rotatable bonds is 3. The lowest BCUT2D eigenvalue weighted by atomic mass is 10.2. The van der Waals surface area contributed by atoms with E-state index >= 15 is 0 Å². The van der Waals surface area contributed by atoms with Crippen molar-refractivity contribution in [1.82, 2.24) is 20.2 Å². The van der Waals surface area contributed by atoms with E-state index in [-0.39, 0.29) is 0 Å². The summed E-state index contributed by atoms with van der Waals surface area (Å²) in [7, 11) is 0. The summed E-state index contributed by atoms with van der Waals surface area (Å²) in [6, 6.07) is 9.81. The molecule has 5 heteroatoms. The van der Waals surface area contributed by atoms with Gasteiger partial charge in [0.2, 0.25) is 0 Å². The van der Waals surface area contributed by atoms with Crippen LogP contribution >= 0.6 is 0 Å². The predicted molar refractivity (Wildman–Crippen MR) is 52.3 cm³/mol. The zero-order chi connectivity index (χ0) is 9.80. The molecule has 0 aliphatic rings. The first-order valence-electron chi connectivity index (χ1n) is 4.43. The fraction of sp³-hybridized carbons (Fsp3) is 0.222. The van der Waals surface area contributed by atoms with Crippen LogP contribution in [0.4, 0.5) is 0 Å². The van der Waals surface area contributed by atoms with Gasteiger partial charge < -0.3 is 5.73 Å². The molecule has 5 nitrogen and oxygen atoms in total. The quantitative estimate of drug-likeness (QED) is 0.753. The first-order valence-corrected chi connectivity index (χ1v) is 4.43. The Kier molecular flexibility index (Phi) is 2.51. The monoisotopic (exact) mass is 189 g/mol. The summed E-state index contributed by atoms with van der Waals surface area (Å²) in [5.74, 6) is 0.760. The van der Waals surface area contributed by atoms with Gasteiger partial charge in [-0.05, 0) is 10.4 Å². The van der Waals surface area contributed by atoms with Crippen LogP contribution in [0, 0.1) is 0 Å². The maximum Gasteiger partial charge on any atom is 0.182 e. The van der Waals surface area contributed by atoms with Crippen LogP contribution in [0.1, 0.15) is 0 Å². The van der Waals surface area contributed by atoms with Crippen LogP contribution in [-0.4, -0.2) is 26.8 Å². The Labute approximate surface area is 81.5 Å². The summed E-state index contributed by atoms with van der Waals surface area (Å²) >= 11 is 0. The highest BCUT2D eigenvalue weighted by molar-refractivity contribution is 5.53. The van der Waals surface area contributed by atoms with Gasteiger partial charge in [0.15, 0.2) is 5.82 Å². The summed E-state index contributed by atoms with van der Waals surface area (Å²) in [6.07, 6.45) is 0. The van der Waals surface area contributed by atoms with Crippen LogP contribution < -0.4 is 5.73 Å². The number of aromatic nitrogens is 4. The summed E-state index contributed by atoms with van der Waals surface area (Å²) in [4.78, 5) is 0. The van der Waals surface area contributed by atoms with E-state index in [1.165, 1.54) is 0 Å². The molecule has 1 heterocycles. The molecule has 0 unspecified atom stereocenters. The first-order chi connectivity index (χ1) is 6.92. The first kappa shape index (κ1) is 8.83. The van der Waals surface area contributed by atoms with Gasteiger partial charge in [0.25, 0.3) is 0 Å². The van der Waals surface area contributed by atoms with Crippen molar-refractivity contribution in [2.24, 2.45) is 5.73 Å². The van der Waals surface area contributed by atoms with Gasteiger partial charge in [0.05, 0.1) is 6.54 Å². The third-order valence-corrected chi connectivity index (χ3v) is 1.90. The molecule has 0 aliphatic carbocycles. The fourth-order valence-corrected chi connectivity index (χ4v) is 1.27. The molecule has 1 aromatic carbocycles. The largest absolute Gasteiger partial charge is 0.329 e. The molecule has 1 aromatic heterocycles. The van der Waals surface area contributed by atoms with Gasteiger partial charge in [-0.1, -0.05) is 30.3 Å². The van der Waals surface area contributed by atoms with Crippen molar-refractivity contribution in [2.45, 2.75) is 6.54 Å². The Morgan fingerprint density at radius 1 is 1.21 bits per heavy atom. The van der Waals surface area contributed by atoms with Gasteiger partial charge in [0.1, 0.15) is 0 Å². The second-order valence-corrected chi connectivity index (χ2v) is 2.88. The van der Waals surface area contributed by atoms with E-state index in [4.69, 9.17) is 5.73 Å². The predicted octanol–water partition coefficient (Wildman–Crippen LogP) is 0.299. The molecule has 14 heavy (non-hydrogen) atoms. The normalized spacial score (nSPS) is 10.4. The lowest BCUT2D eigenvalue weighted by molar-refractivity contribution is 0.603. The SMILES string of the molecule is NCCn1nnnc1-c1ccccc1. The topological polar surface area (TPSA) is 69.6 Å². The van der Waals surface area contributed by atoms with E-state index in [1.807, 2.05) is 30.3 Å². The average molecular weight is 189 g/mol. The molecule has 0 saturated heterocycles. The average Bonchev–Trinajstić information content (AvgIpc) is 2.68. The highest BCUT2D eigenvalue weighted by Gasteiger charge is 2.06. The molecule has 72 valence electrons. The number of hydrogen-bond acceptors (Lipinski definition) is 4. The van der Waals surface area contributed by atoms with Gasteiger partial charge in [-0.3, -0.25) is 0 Å². The molecule has 2 N–H and O–H groups in total. The minimum atomic E-state index is 0.533. The van der Waals surface area contributed by atoms with Crippen molar-refractivity contribution >= 4 is 0 Å². The van der Waals surface area contributed by atoms with E-state index in [0.717, 1.165) is 11.4 Å². The molecule has 0 amide bonds.